The van der Waals surface area contributed by atoms with Crippen molar-refractivity contribution in [3.63, 3.8) is 0 Å². The van der Waals surface area contributed by atoms with Crippen LogP contribution in [0.3, 0.4) is 0 Å². The highest BCUT2D eigenvalue weighted by molar-refractivity contribution is 8.00. The van der Waals surface area contributed by atoms with E-state index in [9.17, 15) is 4.79 Å². The van der Waals surface area contributed by atoms with E-state index < -0.39 is 0 Å². The zero-order chi connectivity index (χ0) is 13.5. The maximum absolute atomic E-state index is 11.2. The molecule has 0 atom stereocenters. The number of nitrogens with one attached hydrogen (secondary N) is 1. The number of hydrogen-bond donors (Lipinski definition) is 1. The predicted molar refractivity (Wildman–Crippen MR) is 76.2 cm³/mol. The first-order valence-electron chi connectivity index (χ1n) is 5.75. The number of hydrogen-bond acceptors (Lipinski definition) is 4. The monoisotopic (exact) mass is 287 g/mol. The predicted octanol–water partition coefficient (Wildman–Crippen LogP) is 3.10. The van der Waals surface area contributed by atoms with Crippen LogP contribution in [0, 0.1) is 0 Å². The molecule has 100 valence electrons. The second-order valence-electron chi connectivity index (χ2n) is 4.13. The molecule has 0 heterocycles. The van der Waals surface area contributed by atoms with Crippen LogP contribution < -0.4 is 5.32 Å². The number of rotatable bonds is 6. The van der Waals surface area contributed by atoms with Gasteiger partial charge in [-0.1, -0.05) is 37.6 Å². The highest BCUT2D eigenvalue weighted by Gasteiger charge is 2.10. The Hall–Kier alpha value is -0.710. The highest BCUT2D eigenvalue weighted by Crippen LogP contribution is 2.30. The number of thioether (sulfide) groups is 1. The van der Waals surface area contributed by atoms with Gasteiger partial charge in [-0.2, -0.15) is 0 Å². The molecular formula is C13H18ClNO2S. The van der Waals surface area contributed by atoms with Crippen molar-refractivity contribution in [3.05, 3.63) is 28.8 Å². The van der Waals surface area contributed by atoms with Crippen molar-refractivity contribution >= 4 is 29.3 Å². The molecular weight excluding hydrogens is 270 g/mol. The molecule has 1 aromatic rings. The van der Waals surface area contributed by atoms with E-state index in [4.69, 9.17) is 11.6 Å². The molecule has 1 N–H and O–H groups in total. The second-order valence-corrected chi connectivity index (χ2v) is 5.52. The van der Waals surface area contributed by atoms with E-state index in [1.807, 2.05) is 18.2 Å². The first-order chi connectivity index (χ1) is 8.54. The van der Waals surface area contributed by atoms with Crippen LogP contribution in [0.15, 0.2) is 23.1 Å². The van der Waals surface area contributed by atoms with Gasteiger partial charge >= 0.3 is 5.97 Å². The van der Waals surface area contributed by atoms with Crippen molar-refractivity contribution in [2.75, 3.05) is 12.9 Å². The molecule has 1 rings (SSSR count). The number of halogens is 1. The summed E-state index contributed by atoms with van der Waals surface area (Å²) in [6, 6.07) is 6.17. The summed E-state index contributed by atoms with van der Waals surface area (Å²) < 4.78 is 4.63. The zero-order valence-corrected chi connectivity index (χ0v) is 12.4. The smallest absolute Gasteiger partial charge is 0.315 e. The molecule has 0 fully saturated rings. The molecule has 0 aliphatic carbocycles. The van der Waals surface area contributed by atoms with Crippen LogP contribution in [0.2, 0.25) is 5.02 Å². The van der Waals surface area contributed by atoms with Crippen LogP contribution in [0.25, 0.3) is 0 Å². The van der Waals surface area contributed by atoms with E-state index >= 15 is 0 Å². The van der Waals surface area contributed by atoms with Gasteiger partial charge in [0.05, 0.1) is 17.9 Å². The Kier molecular flexibility index (Phi) is 6.54. The van der Waals surface area contributed by atoms with Crippen molar-refractivity contribution in [1.29, 1.82) is 0 Å². The van der Waals surface area contributed by atoms with Crippen LogP contribution in [-0.2, 0) is 16.1 Å². The molecule has 0 unspecified atom stereocenters. The molecule has 3 nitrogen and oxygen atoms in total. The number of carbonyl (C=O) groups excluding carboxylic acids is 1. The molecule has 0 bridgehead atoms. The fourth-order valence-corrected chi connectivity index (χ4v) is 2.63. The molecule has 0 aliphatic heterocycles. The summed E-state index contributed by atoms with van der Waals surface area (Å²) in [5.74, 6) is 0.0252. The average Bonchev–Trinajstić information content (AvgIpc) is 2.34. The minimum atomic E-state index is -0.248. The first-order valence-corrected chi connectivity index (χ1v) is 7.11. The van der Waals surface area contributed by atoms with E-state index in [0.29, 0.717) is 11.1 Å². The first kappa shape index (κ1) is 15.3. The zero-order valence-electron chi connectivity index (χ0n) is 10.8. The lowest BCUT2D eigenvalue weighted by Crippen LogP contribution is -2.22. The number of esters is 1. The van der Waals surface area contributed by atoms with Gasteiger partial charge in [0.1, 0.15) is 0 Å². The molecule has 1 aromatic carbocycles. The van der Waals surface area contributed by atoms with Gasteiger partial charge < -0.3 is 10.1 Å². The molecule has 0 saturated carbocycles. The van der Waals surface area contributed by atoms with Gasteiger partial charge in [0.15, 0.2) is 0 Å². The largest absolute Gasteiger partial charge is 0.468 e. The van der Waals surface area contributed by atoms with Crippen molar-refractivity contribution in [3.8, 4) is 0 Å². The Morgan fingerprint density at radius 1 is 1.50 bits per heavy atom. The quantitative estimate of drug-likeness (QED) is 0.644. The normalized spacial score (nSPS) is 10.7. The minimum absolute atomic E-state index is 0.248. The van der Waals surface area contributed by atoms with Crippen molar-refractivity contribution in [1.82, 2.24) is 5.32 Å². The van der Waals surface area contributed by atoms with E-state index in [-0.39, 0.29) is 11.7 Å². The standard InChI is InChI=1S/C13H18ClNO2S/c1-9(2)15-7-10-5-4-6-11(14)13(10)18-8-12(16)17-3/h4-6,9,15H,7-8H2,1-3H3. The Morgan fingerprint density at radius 3 is 2.83 bits per heavy atom. The Bertz CT molecular complexity index is 410. The topological polar surface area (TPSA) is 38.3 Å². The number of carbonyl (C=O) groups is 1. The molecule has 0 amide bonds. The maximum atomic E-state index is 11.2. The Morgan fingerprint density at radius 2 is 2.22 bits per heavy atom. The molecule has 0 aliphatic rings. The number of ether oxygens (including phenoxy) is 1. The summed E-state index contributed by atoms with van der Waals surface area (Å²) in [7, 11) is 1.39. The highest BCUT2D eigenvalue weighted by atomic mass is 35.5. The summed E-state index contributed by atoms with van der Waals surface area (Å²) >= 11 is 7.58. The third kappa shape index (κ3) is 4.88. The summed E-state index contributed by atoms with van der Waals surface area (Å²) in [6.45, 7) is 4.92. The molecule has 0 spiro atoms. The third-order valence-corrected chi connectivity index (χ3v) is 3.89. The molecule has 0 aromatic heterocycles. The lowest BCUT2D eigenvalue weighted by Gasteiger charge is -2.13. The van der Waals surface area contributed by atoms with E-state index in [0.717, 1.165) is 17.0 Å². The van der Waals surface area contributed by atoms with Crippen molar-refractivity contribution < 1.29 is 9.53 Å². The van der Waals surface area contributed by atoms with Crippen LogP contribution >= 0.6 is 23.4 Å². The fourth-order valence-electron chi connectivity index (χ4n) is 1.36. The number of benzene rings is 1. The summed E-state index contributed by atoms with van der Waals surface area (Å²) in [4.78, 5) is 12.1. The van der Waals surface area contributed by atoms with Gasteiger partial charge in [-0.25, -0.2) is 0 Å². The third-order valence-electron chi connectivity index (χ3n) is 2.31. The average molecular weight is 288 g/mol. The molecule has 5 heteroatoms. The minimum Gasteiger partial charge on any atom is -0.468 e. The van der Waals surface area contributed by atoms with Gasteiger partial charge in [0.25, 0.3) is 0 Å². The van der Waals surface area contributed by atoms with Crippen LogP contribution in [0.4, 0.5) is 0 Å². The van der Waals surface area contributed by atoms with Crippen molar-refractivity contribution in [2.45, 2.75) is 31.3 Å². The molecule has 0 radical (unpaired) electrons. The van der Waals surface area contributed by atoms with E-state index in [1.165, 1.54) is 18.9 Å². The van der Waals surface area contributed by atoms with Gasteiger partial charge in [-0.05, 0) is 11.6 Å². The van der Waals surface area contributed by atoms with Gasteiger partial charge in [0, 0.05) is 17.5 Å². The van der Waals surface area contributed by atoms with Gasteiger partial charge in [0.2, 0.25) is 0 Å². The van der Waals surface area contributed by atoms with E-state index in [1.54, 1.807) is 0 Å². The Labute approximate surface area is 117 Å². The molecule has 18 heavy (non-hydrogen) atoms. The van der Waals surface area contributed by atoms with Gasteiger partial charge in [-0.15, -0.1) is 11.8 Å². The summed E-state index contributed by atoms with van der Waals surface area (Å²) in [5.41, 5.74) is 1.10. The van der Waals surface area contributed by atoms with E-state index in [2.05, 4.69) is 23.9 Å². The van der Waals surface area contributed by atoms with Gasteiger partial charge in [-0.3, -0.25) is 4.79 Å². The SMILES string of the molecule is COC(=O)CSc1c(Cl)cccc1CNC(C)C. The fraction of sp³-hybridized carbons (Fsp3) is 0.462. The van der Waals surface area contributed by atoms with Crippen LogP contribution in [0.1, 0.15) is 19.4 Å². The Balaban J connectivity index is 2.76. The second kappa shape index (κ2) is 7.67. The maximum Gasteiger partial charge on any atom is 0.315 e. The molecule has 0 saturated heterocycles. The number of methoxy groups -OCH3 is 1. The lowest BCUT2D eigenvalue weighted by atomic mass is 10.2. The van der Waals surface area contributed by atoms with Crippen molar-refractivity contribution in [2.24, 2.45) is 0 Å². The van der Waals surface area contributed by atoms with Crippen LogP contribution in [-0.4, -0.2) is 24.9 Å². The summed E-state index contributed by atoms with van der Waals surface area (Å²) in [5, 5.41) is 4.02. The lowest BCUT2D eigenvalue weighted by molar-refractivity contribution is -0.137. The summed E-state index contributed by atoms with van der Waals surface area (Å²) in [6.07, 6.45) is 0. The van der Waals surface area contributed by atoms with Crippen LogP contribution in [0.5, 0.6) is 0 Å².